The minimum Gasteiger partial charge on any atom is -0.353 e. The molecule has 96 valence electrons. The topological polar surface area (TPSA) is 44.4 Å². The molecule has 0 rings (SSSR count). The van der Waals surface area contributed by atoms with Crippen LogP contribution in [0.5, 0.6) is 0 Å². The van der Waals surface area contributed by atoms with E-state index in [1.54, 1.807) is 0 Å². The monoisotopic (exact) mass is 229 g/mol. The van der Waals surface area contributed by atoms with E-state index in [1.165, 1.54) is 0 Å². The Balaban J connectivity index is 3.82. The molecule has 1 unspecified atom stereocenters. The average Bonchev–Trinajstić information content (AvgIpc) is 2.22. The fourth-order valence-electron chi connectivity index (χ4n) is 0.947. The maximum Gasteiger partial charge on any atom is 0.234 e. The molecule has 0 saturated carbocycles. The van der Waals surface area contributed by atoms with Gasteiger partial charge in [0.1, 0.15) is 0 Å². The van der Waals surface area contributed by atoms with Crippen molar-refractivity contribution in [2.75, 3.05) is 27.2 Å². The van der Waals surface area contributed by atoms with Crippen LogP contribution in [-0.4, -0.2) is 49.6 Å². The lowest BCUT2D eigenvalue weighted by molar-refractivity contribution is -0.120. The molecule has 0 aromatic carbocycles. The fourth-order valence-corrected chi connectivity index (χ4v) is 0.947. The predicted octanol–water partition coefficient (Wildman–Crippen LogP) is 0.831. The van der Waals surface area contributed by atoms with Crippen LogP contribution >= 0.6 is 0 Å². The van der Waals surface area contributed by atoms with Crippen molar-refractivity contribution in [3.05, 3.63) is 0 Å². The quantitative estimate of drug-likeness (QED) is 0.680. The maximum atomic E-state index is 11.5. The van der Waals surface area contributed by atoms with Gasteiger partial charge in [-0.05, 0) is 41.3 Å². The zero-order chi connectivity index (χ0) is 12.8. The second-order valence-corrected chi connectivity index (χ2v) is 5.17. The van der Waals surface area contributed by atoms with Crippen LogP contribution in [0.2, 0.25) is 0 Å². The Kier molecular flexibility index (Phi) is 6.60. The largest absolute Gasteiger partial charge is 0.353 e. The Bertz CT molecular complexity index is 214. The molecule has 0 radical (unpaired) electrons. The Morgan fingerprint density at radius 3 is 2.38 bits per heavy atom. The SMILES string of the molecule is CCC(C)NCC(=O)NCC(C)(C)N(C)C. The maximum absolute atomic E-state index is 11.5. The van der Waals surface area contributed by atoms with Crippen molar-refractivity contribution >= 4 is 5.91 Å². The number of nitrogens with one attached hydrogen (secondary N) is 2. The van der Waals surface area contributed by atoms with Gasteiger partial charge >= 0.3 is 0 Å². The third kappa shape index (κ3) is 6.08. The first kappa shape index (κ1) is 15.4. The summed E-state index contributed by atoms with van der Waals surface area (Å²) in [5, 5.41) is 6.11. The van der Waals surface area contributed by atoms with E-state index in [1.807, 2.05) is 14.1 Å². The number of rotatable bonds is 7. The van der Waals surface area contributed by atoms with Crippen molar-refractivity contribution in [3.8, 4) is 0 Å². The van der Waals surface area contributed by atoms with Crippen LogP contribution in [0, 0.1) is 0 Å². The van der Waals surface area contributed by atoms with Gasteiger partial charge in [-0.25, -0.2) is 0 Å². The highest BCUT2D eigenvalue weighted by Crippen LogP contribution is 2.07. The molecule has 0 spiro atoms. The van der Waals surface area contributed by atoms with Crippen molar-refractivity contribution in [3.63, 3.8) is 0 Å². The van der Waals surface area contributed by atoms with Crippen molar-refractivity contribution in [1.29, 1.82) is 0 Å². The average molecular weight is 229 g/mol. The zero-order valence-electron chi connectivity index (χ0n) is 11.6. The minimum atomic E-state index is -0.00790. The zero-order valence-corrected chi connectivity index (χ0v) is 11.6. The third-order valence-electron chi connectivity index (χ3n) is 3.15. The number of likely N-dealkylation sites (N-methyl/N-ethyl adjacent to an activating group) is 1. The smallest absolute Gasteiger partial charge is 0.234 e. The van der Waals surface area contributed by atoms with Crippen LogP contribution in [0.15, 0.2) is 0 Å². The highest BCUT2D eigenvalue weighted by molar-refractivity contribution is 5.78. The van der Waals surface area contributed by atoms with Crippen LogP contribution in [0.3, 0.4) is 0 Å². The first-order valence-corrected chi connectivity index (χ1v) is 5.97. The highest BCUT2D eigenvalue weighted by Gasteiger charge is 2.20. The van der Waals surface area contributed by atoms with Gasteiger partial charge in [-0.2, -0.15) is 0 Å². The molecular formula is C12H27N3O. The van der Waals surface area contributed by atoms with E-state index in [-0.39, 0.29) is 11.4 Å². The van der Waals surface area contributed by atoms with Crippen LogP contribution in [-0.2, 0) is 4.79 Å². The van der Waals surface area contributed by atoms with Gasteiger partial charge in [0.25, 0.3) is 0 Å². The van der Waals surface area contributed by atoms with Gasteiger partial charge in [0.2, 0.25) is 5.91 Å². The first-order chi connectivity index (χ1) is 7.29. The van der Waals surface area contributed by atoms with Gasteiger partial charge in [0.05, 0.1) is 6.54 Å². The molecule has 2 N–H and O–H groups in total. The van der Waals surface area contributed by atoms with Crippen LogP contribution < -0.4 is 10.6 Å². The molecule has 4 heteroatoms. The first-order valence-electron chi connectivity index (χ1n) is 5.97. The molecule has 0 bridgehead atoms. The van der Waals surface area contributed by atoms with E-state index < -0.39 is 0 Å². The number of amides is 1. The summed E-state index contributed by atoms with van der Waals surface area (Å²) >= 11 is 0. The van der Waals surface area contributed by atoms with Gasteiger partial charge in [-0.15, -0.1) is 0 Å². The molecular weight excluding hydrogens is 202 g/mol. The number of carbonyl (C=O) groups is 1. The van der Waals surface area contributed by atoms with Crippen molar-refractivity contribution in [1.82, 2.24) is 15.5 Å². The van der Waals surface area contributed by atoms with E-state index in [2.05, 4.69) is 43.2 Å². The molecule has 0 aromatic heterocycles. The van der Waals surface area contributed by atoms with Gasteiger partial charge in [0.15, 0.2) is 0 Å². The summed E-state index contributed by atoms with van der Waals surface area (Å²) in [7, 11) is 4.03. The number of carbonyl (C=O) groups excluding carboxylic acids is 1. The van der Waals surface area contributed by atoms with Crippen molar-refractivity contribution in [2.24, 2.45) is 0 Å². The van der Waals surface area contributed by atoms with Gasteiger partial charge in [-0.3, -0.25) is 4.79 Å². The lowest BCUT2D eigenvalue weighted by atomic mass is 10.0. The predicted molar refractivity (Wildman–Crippen MR) is 68.5 cm³/mol. The summed E-state index contributed by atoms with van der Waals surface area (Å²) in [5.41, 5.74) is -0.00790. The molecule has 0 aliphatic rings. The van der Waals surface area contributed by atoms with Gasteiger partial charge in [-0.1, -0.05) is 6.92 Å². The summed E-state index contributed by atoms with van der Waals surface area (Å²) in [6.07, 6.45) is 1.04. The standard InChI is InChI=1S/C12H27N3O/c1-7-10(2)13-8-11(16)14-9-12(3,4)15(5)6/h10,13H,7-9H2,1-6H3,(H,14,16). The summed E-state index contributed by atoms with van der Waals surface area (Å²) in [4.78, 5) is 13.6. The van der Waals surface area contributed by atoms with E-state index in [4.69, 9.17) is 0 Å². The molecule has 0 fully saturated rings. The van der Waals surface area contributed by atoms with Gasteiger partial charge < -0.3 is 15.5 Å². The number of hydrogen-bond donors (Lipinski definition) is 2. The van der Waals surface area contributed by atoms with E-state index >= 15 is 0 Å². The molecule has 1 amide bonds. The molecule has 1 atom stereocenters. The number of nitrogens with zero attached hydrogens (tertiary/aromatic N) is 1. The molecule has 0 aliphatic carbocycles. The molecule has 16 heavy (non-hydrogen) atoms. The van der Waals surface area contributed by atoms with E-state index in [9.17, 15) is 4.79 Å². The number of hydrogen-bond acceptors (Lipinski definition) is 3. The fraction of sp³-hybridized carbons (Fsp3) is 0.917. The Morgan fingerprint density at radius 1 is 1.38 bits per heavy atom. The Hall–Kier alpha value is -0.610. The Labute approximate surface area is 99.8 Å². The second-order valence-electron chi connectivity index (χ2n) is 5.17. The Morgan fingerprint density at radius 2 is 1.94 bits per heavy atom. The third-order valence-corrected chi connectivity index (χ3v) is 3.15. The lowest BCUT2D eigenvalue weighted by Crippen LogP contribution is -2.50. The van der Waals surface area contributed by atoms with Crippen LogP contribution in [0.4, 0.5) is 0 Å². The second kappa shape index (κ2) is 6.86. The lowest BCUT2D eigenvalue weighted by Gasteiger charge is -2.32. The molecule has 0 aromatic rings. The van der Waals surface area contributed by atoms with E-state index in [0.29, 0.717) is 19.1 Å². The van der Waals surface area contributed by atoms with Gasteiger partial charge in [0, 0.05) is 18.1 Å². The highest BCUT2D eigenvalue weighted by atomic mass is 16.1. The van der Waals surface area contributed by atoms with Crippen LogP contribution in [0.1, 0.15) is 34.1 Å². The molecule has 0 aliphatic heterocycles. The molecule has 0 heterocycles. The minimum absolute atomic E-state index is 0.00790. The summed E-state index contributed by atoms with van der Waals surface area (Å²) in [6.45, 7) is 9.46. The molecule has 4 nitrogen and oxygen atoms in total. The summed E-state index contributed by atoms with van der Waals surface area (Å²) in [5.74, 6) is 0.0650. The van der Waals surface area contributed by atoms with Crippen molar-refractivity contribution in [2.45, 2.75) is 45.7 Å². The summed E-state index contributed by atoms with van der Waals surface area (Å²) < 4.78 is 0. The van der Waals surface area contributed by atoms with Crippen molar-refractivity contribution < 1.29 is 4.79 Å². The summed E-state index contributed by atoms with van der Waals surface area (Å²) in [6, 6.07) is 0.396. The normalized spacial score (nSPS) is 13.9. The van der Waals surface area contributed by atoms with Crippen LogP contribution in [0.25, 0.3) is 0 Å². The molecule has 0 saturated heterocycles. The van der Waals surface area contributed by atoms with E-state index in [0.717, 1.165) is 6.42 Å².